The summed E-state index contributed by atoms with van der Waals surface area (Å²) in [4.78, 5) is 0. The zero-order valence-corrected chi connectivity index (χ0v) is 23.9. The van der Waals surface area contributed by atoms with Crippen molar-refractivity contribution in [1.82, 2.24) is 0 Å². The van der Waals surface area contributed by atoms with Crippen LogP contribution in [0.4, 0.5) is 0 Å². The van der Waals surface area contributed by atoms with Gasteiger partial charge in [0.15, 0.2) is 14.3 Å². The van der Waals surface area contributed by atoms with Gasteiger partial charge < -0.3 is 13.9 Å². The minimum absolute atomic E-state index is 0.428. The zero-order valence-electron chi connectivity index (χ0n) is 22.1. The van der Waals surface area contributed by atoms with Crippen LogP contribution in [-0.4, -0.2) is 0 Å². The number of benzene rings is 5. The molecule has 1 atom stereocenters. The summed E-state index contributed by atoms with van der Waals surface area (Å²) in [6.07, 6.45) is 0. The molecule has 41 heavy (non-hydrogen) atoms. The average molecular weight is 569 g/mol. The van der Waals surface area contributed by atoms with E-state index in [0.717, 1.165) is 0 Å². The zero-order chi connectivity index (χ0) is 28.1. The number of para-hydroxylation sites is 2. The van der Waals surface area contributed by atoms with Gasteiger partial charge in [-0.3, -0.25) is 0 Å². The Kier molecular flexibility index (Phi) is 7.45. The quantitative estimate of drug-likeness (QED) is 0.201. The topological polar surface area (TPSA) is 43.4 Å². The van der Waals surface area contributed by atoms with Crippen LogP contribution in [-0.2, 0) is 9.13 Å². The molecule has 0 fully saturated rings. The van der Waals surface area contributed by atoms with E-state index in [-0.39, 0.29) is 0 Å². The highest BCUT2D eigenvalue weighted by Crippen LogP contribution is 2.48. The molecule has 0 aromatic heterocycles. The van der Waals surface area contributed by atoms with Crippen LogP contribution in [0.1, 0.15) is 0 Å². The molecule has 0 aliphatic rings. The largest absolute Gasteiger partial charge is 0.456 e. The van der Waals surface area contributed by atoms with Crippen LogP contribution in [0, 0.1) is 12.1 Å². The average Bonchev–Trinajstić information content (AvgIpc) is 3.06. The van der Waals surface area contributed by atoms with Gasteiger partial charge in [0.25, 0.3) is 0 Å². The first-order chi connectivity index (χ1) is 20.1. The molecule has 0 aliphatic carbocycles. The summed E-state index contributed by atoms with van der Waals surface area (Å²) in [5, 5.41) is 3.72. The van der Waals surface area contributed by atoms with Gasteiger partial charge >= 0.3 is 0 Å². The predicted octanol–water partition coefficient (Wildman–Crippen LogP) is 6.36. The summed E-state index contributed by atoms with van der Waals surface area (Å²) < 4.78 is 37.0. The van der Waals surface area contributed by atoms with E-state index in [4.69, 9.17) is 4.74 Å². The van der Waals surface area contributed by atoms with E-state index in [2.05, 4.69) is 12.1 Å². The highest BCUT2D eigenvalue weighted by Gasteiger charge is 2.35. The minimum atomic E-state index is -3.40. The SMILES string of the molecule is O=P(c1c#cccc1)(c1ccccc1)c1ccccc1Oc1ccccc1P(=O)(c1ccccc1)c1ccccc1. The molecule has 6 rings (SSSR count). The Morgan fingerprint density at radius 3 is 1.32 bits per heavy atom. The third-order valence-corrected chi connectivity index (χ3v) is 13.1. The number of hydrogen-bond donors (Lipinski definition) is 0. The molecule has 0 aliphatic heterocycles. The summed E-state index contributed by atoms with van der Waals surface area (Å²) in [6, 6.07) is 54.6. The molecule has 0 N–H and O–H groups in total. The lowest BCUT2D eigenvalue weighted by Gasteiger charge is -2.24. The van der Waals surface area contributed by atoms with Crippen LogP contribution >= 0.6 is 14.3 Å². The van der Waals surface area contributed by atoms with Gasteiger partial charge in [-0.05, 0) is 36.4 Å². The highest BCUT2D eigenvalue weighted by atomic mass is 31.2. The van der Waals surface area contributed by atoms with Gasteiger partial charge in [-0.2, -0.15) is 0 Å². The molecular weight excluding hydrogens is 542 g/mol. The monoisotopic (exact) mass is 568 g/mol. The first-order valence-corrected chi connectivity index (χ1v) is 16.7. The molecule has 0 heterocycles. The fourth-order valence-electron chi connectivity index (χ4n) is 5.00. The normalized spacial score (nSPS) is 11.4. The van der Waals surface area contributed by atoms with Crippen LogP contribution < -0.4 is 36.6 Å². The molecule has 0 saturated heterocycles. The van der Waals surface area contributed by atoms with Crippen LogP contribution in [0.2, 0.25) is 0 Å². The van der Waals surface area contributed by atoms with Gasteiger partial charge in [0.2, 0.25) is 0 Å². The molecule has 6 aromatic rings. The molecule has 5 heteroatoms. The number of ether oxygens (including phenoxy) is 1. The van der Waals surface area contributed by atoms with Crippen LogP contribution in [0.15, 0.2) is 158 Å². The third-order valence-electron chi connectivity index (χ3n) is 6.96. The third kappa shape index (κ3) is 4.94. The Morgan fingerprint density at radius 2 is 0.854 bits per heavy atom. The lowest BCUT2D eigenvalue weighted by molar-refractivity contribution is 0.489. The second kappa shape index (κ2) is 11.5. The fraction of sp³-hybridized carbons (Fsp3) is 0. The van der Waals surface area contributed by atoms with Gasteiger partial charge in [0, 0.05) is 15.9 Å². The second-order valence-electron chi connectivity index (χ2n) is 9.44. The number of hydrogen-bond acceptors (Lipinski definition) is 3. The van der Waals surface area contributed by atoms with Gasteiger partial charge in [-0.1, -0.05) is 133 Å². The van der Waals surface area contributed by atoms with E-state index >= 15 is 9.13 Å². The standard InChI is InChI=1S/C36H26O3P2/c37-40(29-17-5-1-6-18-29,30-19-7-2-8-20-30)35-27-15-13-25-33(35)39-34-26-14-16-28-36(34)41(38,31-21-9-3-10-22-31)32-23-11-4-12-24-32/h1-11,13-23,25-28H. The number of rotatable bonds is 8. The molecule has 3 nitrogen and oxygen atoms in total. The molecule has 0 radical (unpaired) electrons. The fourth-order valence-corrected chi connectivity index (χ4v) is 10.4. The van der Waals surface area contributed by atoms with Crippen molar-refractivity contribution in [2.75, 3.05) is 0 Å². The highest BCUT2D eigenvalue weighted by molar-refractivity contribution is 7.86. The summed E-state index contributed by atoms with van der Waals surface area (Å²) in [6.45, 7) is 0. The van der Waals surface area contributed by atoms with Crippen LogP contribution in [0.3, 0.4) is 0 Å². The second-order valence-corrected chi connectivity index (χ2v) is 14.9. The summed E-state index contributed by atoms with van der Waals surface area (Å²) in [7, 11) is -6.73. The van der Waals surface area contributed by atoms with E-state index < -0.39 is 14.3 Å². The molecule has 1 unspecified atom stereocenters. The van der Waals surface area contributed by atoms with Gasteiger partial charge in [-0.15, -0.1) is 0 Å². The maximum atomic E-state index is 15.2. The first-order valence-electron chi connectivity index (χ1n) is 13.2. The van der Waals surface area contributed by atoms with Crippen molar-refractivity contribution in [3.05, 3.63) is 170 Å². The van der Waals surface area contributed by atoms with E-state index in [1.54, 1.807) is 6.07 Å². The van der Waals surface area contributed by atoms with Gasteiger partial charge in [-0.25, -0.2) is 0 Å². The lowest BCUT2D eigenvalue weighted by Crippen LogP contribution is -2.27. The smallest absolute Gasteiger partial charge is 0.182 e. The van der Waals surface area contributed by atoms with E-state index in [1.807, 2.05) is 152 Å². The van der Waals surface area contributed by atoms with Gasteiger partial charge in [0.1, 0.15) is 11.5 Å². The summed E-state index contributed by atoms with van der Waals surface area (Å²) in [5.41, 5.74) is 0. The Morgan fingerprint density at radius 1 is 0.439 bits per heavy atom. The molecule has 0 saturated carbocycles. The summed E-state index contributed by atoms with van der Waals surface area (Å²) in [5.74, 6) is 0.872. The Hall–Kier alpha value is -4.60. The van der Waals surface area contributed by atoms with Crippen molar-refractivity contribution < 1.29 is 13.9 Å². The summed E-state index contributed by atoms with van der Waals surface area (Å²) >= 11 is 0. The lowest BCUT2D eigenvalue weighted by atomic mass is 10.3. The molecule has 0 spiro atoms. The minimum Gasteiger partial charge on any atom is -0.456 e. The van der Waals surface area contributed by atoms with Crippen molar-refractivity contribution in [2.45, 2.75) is 0 Å². The Bertz CT molecular complexity index is 1630. The molecular formula is C36H26O3P2. The van der Waals surface area contributed by atoms with Crippen LogP contribution in [0.25, 0.3) is 0 Å². The molecule has 198 valence electrons. The molecule has 0 bridgehead atoms. The molecule has 0 amide bonds. The van der Waals surface area contributed by atoms with Crippen molar-refractivity contribution in [1.29, 1.82) is 0 Å². The Balaban J connectivity index is 1.54. The van der Waals surface area contributed by atoms with Crippen LogP contribution in [0.5, 0.6) is 11.5 Å². The van der Waals surface area contributed by atoms with Crippen molar-refractivity contribution in [2.24, 2.45) is 0 Å². The van der Waals surface area contributed by atoms with Crippen molar-refractivity contribution >= 4 is 46.1 Å². The van der Waals surface area contributed by atoms with E-state index in [1.165, 1.54) is 0 Å². The van der Waals surface area contributed by atoms with Gasteiger partial charge in [0.05, 0.1) is 15.9 Å². The molecule has 6 aromatic carbocycles. The van der Waals surface area contributed by atoms with Crippen molar-refractivity contribution in [3.8, 4) is 11.5 Å². The predicted molar refractivity (Wildman–Crippen MR) is 169 cm³/mol. The first kappa shape index (κ1) is 26.6. The van der Waals surface area contributed by atoms with Crippen molar-refractivity contribution in [3.63, 3.8) is 0 Å². The van der Waals surface area contributed by atoms with E-state index in [0.29, 0.717) is 43.3 Å². The Labute approximate surface area is 240 Å². The maximum Gasteiger partial charge on any atom is 0.182 e. The maximum absolute atomic E-state index is 15.2. The van der Waals surface area contributed by atoms with E-state index in [9.17, 15) is 0 Å².